The number of benzene rings is 2. The summed E-state index contributed by atoms with van der Waals surface area (Å²) in [5, 5.41) is 2.91. The first-order chi connectivity index (χ1) is 13.1. The van der Waals surface area contributed by atoms with Crippen LogP contribution in [0.2, 0.25) is 0 Å². The normalized spacial score (nSPS) is 12.6. The number of hydrogen-bond acceptors (Lipinski definition) is 4. The average Bonchev–Trinajstić information content (AvgIpc) is 3.07. The van der Waals surface area contributed by atoms with E-state index in [-0.39, 0.29) is 24.8 Å². The van der Waals surface area contributed by atoms with E-state index >= 15 is 0 Å². The van der Waals surface area contributed by atoms with Crippen LogP contribution in [0.15, 0.2) is 42.5 Å². The van der Waals surface area contributed by atoms with Gasteiger partial charge in [-0.1, -0.05) is 18.2 Å². The van der Waals surface area contributed by atoms with Crippen LogP contribution in [0, 0.1) is 0 Å². The van der Waals surface area contributed by atoms with Gasteiger partial charge in [-0.05, 0) is 48.7 Å². The molecular formula is C21H24N2O4. The summed E-state index contributed by atoms with van der Waals surface area (Å²) in [7, 11) is 1.51. The SMILES string of the molecule is CCOc1ccc(CC(=O)Nc2ccc3c(c2)N(C(=O)COC)CC3)cc1. The lowest BCUT2D eigenvalue weighted by Crippen LogP contribution is -2.32. The number of amides is 2. The molecule has 0 atom stereocenters. The van der Waals surface area contributed by atoms with E-state index in [1.165, 1.54) is 7.11 Å². The summed E-state index contributed by atoms with van der Waals surface area (Å²) >= 11 is 0. The third-order valence-electron chi connectivity index (χ3n) is 4.43. The third kappa shape index (κ3) is 4.65. The third-order valence-corrected chi connectivity index (χ3v) is 4.43. The van der Waals surface area contributed by atoms with E-state index in [0.29, 0.717) is 18.8 Å². The predicted octanol–water partition coefficient (Wildman–Crippen LogP) is 2.80. The number of hydrogen-bond donors (Lipinski definition) is 1. The van der Waals surface area contributed by atoms with Crippen molar-refractivity contribution in [3.63, 3.8) is 0 Å². The number of ether oxygens (including phenoxy) is 2. The van der Waals surface area contributed by atoms with Crippen molar-refractivity contribution in [1.29, 1.82) is 0 Å². The fourth-order valence-electron chi connectivity index (χ4n) is 3.18. The molecule has 2 aromatic carbocycles. The van der Waals surface area contributed by atoms with Crippen molar-refractivity contribution in [2.24, 2.45) is 0 Å². The molecule has 0 radical (unpaired) electrons. The molecule has 1 N–H and O–H groups in total. The molecule has 3 rings (SSSR count). The maximum atomic E-state index is 12.4. The molecule has 142 valence electrons. The number of carbonyl (C=O) groups is 2. The van der Waals surface area contributed by atoms with Gasteiger partial charge in [-0.2, -0.15) is 0 Å². The zero-order valence-electron chi connectivity index (χ0n) is 15.7. The van der Waals surface area contributed by atoms with Crippen LogP contribution in [0.3, 0.4) is 0 Å². The molecule has 0 aromatic heterocycles. The minimum atomic E-state index is -0.105. The molecule has 6 nitrogen and oxygen atoms in total. The summed E-state index contributed by atoms with van der Waals surface area (Å²) < 4.78 is 10.4. The molecule has 0 unspecified atom stereocenters. The highest BCUT2D eigenvalue weighted by Crippen LogP contribution is 2.31. The molecule has 27 heavy (non-hydrogen) atoms. The number of rotatable bonds is 7. The van der Waals surface area contributed by atoms with Gasteiger partial charge in [0.2, 0.25) is 5.91 Å². The second-order valence-electron chi connectivity index (χ2n) is 6.37. The van der Waals surface area contributed by atoms with Crippen LogP contribution in [0.4, 0.5) is 11.4 Å². The summed E-state index contributed by atoms with van der Waals surface area (Å²) in [6.45, 7) is 3.23. The fraction of sp³-hybridized carbons (Fsp3) is 0.333. The lowest BCUT2D eigenvalue weighted by Gasteiger charge is -2.17. The van der Waals surface area contributed by atoms with Crippen LogP contribution in [0.1, 0.15) is 18.1 Å². The molecule has 2 amide bonds. The zero-order chi connectivity index (χ0) is 19.2. The first-order valence-corrected chi connectivity index (χ1v) is 9.04. The van der Waals surface area contributed by atoms with Crippen molar-refractivity contribution in [1.82, 2.24) is 0 Å². The van der Waals surface area contributed by atoms with Crippen LogP contribution in [-0.4, -0.2) is 38.7 Å². The lowest BCUT2D eigenvalue weighted by atomic mass is 10.1. The molecule has 0 bridgehead atoms. The summed E-state index contributed by atoms with van der Waals surface area (Å²) in [5.41, 5.74) is 3.54. The van der Waals surface area contributed by atoms with Gasteiger partial charge in [0.1, 0.15) is 12.4 Å². The lowest BCUT2D eigenvalue weighted by molar-refractivity contribution is -0.122. The van der Waals surface area contributed by atoms with Crippen LogP contribution in [0.5, 0.6) is 5.75 Å². The maximum absolute atomic E-state index is 12.4. The van der Waals surface area contributed by atoms with Gasteiger partial charge in [-0.3, -0.25) is 9.59 Å². The molecular weight excluding hydrogens is 344 g/mol. The van der Waals surface area contributed by atoms with E-state index in [2.05, 4.69) is 5.32 Å². The number of carbonyl (C=O) groups excluding carboxylic acids is 2. The van der Waals surface area contributed by atoms with Gasteiger partial charge in [-0.15, -0.1) is 0 Å². The van der Waals surface area contributed by atoms with Crippen molar-refractivity contribution in [3.8, 4) is 5.75 Å². The van der Waals surface area contributed by atoms with E-state index in [9.17, 15) is 9.59 Å². The average molecular weight is 368 g/mol. The van der Waals surface area contributed by atoms with Crippen molar-refractivity contribution in [2.75, 3.05) is 37.1 Å². The Balaban J connectivity index is 1.65. The smallest absolute Gasteiger partial charge is 0.252 e. The summed E-state index contributed by atoms with van der Waals surface area (Å²) in [5.74, 6) is 0.613. The minimum Gasteiger partial charge on any atom is -0.494 e. The second kappa shape index (κ2) is 8.68. The van der Waals surface area contributed by atoms with Gasteiger partial charge in [0.05, 0.1) is 13.0 Å². The molecule has 1 aliphatic heterocycles. The molecule has 0 saturated heterocycles. The molecule has 1 heterocycles. The molecule has 0 fully saturated rings. The quantitative estimate of drug-likeness (QED) is 0.816. The molecule has 1 aliphatic rings. The molecule has 0 aliphatic carbocycles. The topological polar surface area (TPSA) is 67.9 Å². The zero-order valence-corrected chi connectivity index (χ0v) is 15.7. The summed E-state index contributed by atoms with van der Waals surface area (Å²) in [4.78, 5) is 26.2. The Morgan fingerprint density at radius 1 is 1.15 bits per heavy atom. The van der Waals surface area contributed by atoms with Gasteiger partial charge < -0.3 is 19.7 Å². The Morgan fingerprint density at radius 2 is 1.93 bits per heavy atom. The number of fused-ring (bicyclic) bond motifs is 1. The van der Waals surface area contributed by atoms with E-state index in [1.54, 1.807) is 4.90 Å². The summed E-state index contributed by atoms with van der Waals surface area (Å²) in [6, 6.07) is 13.2. The molecule has 2 aromatic rings. The second-order valence-corrected chi connectivity index (χ2v) is 6.37. The van der Waals surface area contributed by atoms with Gasteiger partial charge >= 0.3 is 0 Å². The van der Waals surface area contributed by atoms with Crippen LogP contribution in [-0.2, 0) is 27.2 Å². The minimum absolute atomic E-state index is 0.0494. The molecule has 0 spiro atoms. The van der Waals surface area contributed by atoms with Crippen LogP contribution in [0.25, 0.3) is 0 Å². The Labute approximate surface area is 159 Å². The number of nitrogens with one attached hydrogen (secondary N) is 1. The van der Waals surface area contributed by atoms with Crippen molar-refractivity contribution >= 4 is 23.2 Å². The fourth-order valence-corrected chi connectivity index (χ4v) is 3.18. The predicted molar refractivity (Wildman–Crippen MR) is 104 cm³/mol. The van der Waals surface area contributed by atoms with Crippen LogP contribution >= 0.6 is 0 Å². The van der Waals surface area contributed by atoms with Gasteiger partial charge in [0.15, 0.2) is 0 Å². The Kier molecular flexibility index (Phi) is 6.08. The van der Waals surface area contributed by atoms with Crippen LogP contribution < -0.4 is 15.0 Å². The summed E-state index contributed by atoms with van der Waals surface area (Å²) in [6.07, 6.45) is 1.08. The van der Waals surface area contributed by atoms with Crippen molar-refractivity contribution in [3.05, 3.63) is 53.6 Å². The van der Waals surface area contributed by atoms with Crippen molar-refractivity contribution in [2.45, 2.75) is 19.8 Å². The van der Waals surface area contributed by atoms with E-state index < -0.39 is 0 Å². The monoisotopic (exact) mass is 368 g/mol. The Hall–Kier alpha value is -2.86. The highest BCUT2D eigenvalue weighted by molar-refractivity contribution is 5.98. The van der Waals surface area contributed by atoms with Gasteiger partial charge in [0, 0.05) is 25.0 Å². The van der Waals surface area contributed by atoms with E-state index in [0.717, 1.165) is 29.0 Å². The van der Waals surface area contributed by atoms with Gasteiger partial charge in [0.25, 0.3) is 5.91 Å². The van der Waals surface area contributed by atoms with Gasteiger partial charge in [-0.25, -0.2) is 0 Å². The largest absolute Gasteiger partial charge is 0.494 e. The Bertz CT molecular complexity index is 817. The first kappa shape index (κ1) is 18.9. The number of nitrogens with zero attached hydrogens (tertiary/aromatic N) is 1. The first-order valence-electron chi connectivity index (χ1n) is 9.04. The molecule has 6 heteroatoms. The Morgan fingerprint density at radius 3 is 2.63 bits per heavy atom. The number of anilines is 2. The highest BCUT2D eigenvalue weighted by Gasteiger charge is 2.24. The van der Waals surface area contributed by atoms with E-state index in [4.69, 9.17) is 9.47 Å². The van der Waals surface area contributed by atoms with Crippen molar-refractivity contribution < 1.29 is 19.1 Å². The highest BCUT2D eigenvalue weighted by atomic mass is 16.5. The number of methoxy groups -OCH3 is 1. The standard InChI is InChI=1S/C21H24N2O4/c1-3-27-18-8-4-15(5-9-18)12-20(24)22-17-7-6-16-10-11-23(19(16)13-17)21(25)14-26-2/h4-9,13H,3,10-12,14H2,1-2H3,(H,22,24). The maximum Gasteiger partial charge on any atom is 0.252 e. The molecule has 0 saturated carbocycles. The van der Waals surface area contributed by atoms with E-state index in [1.807, 2.05) is 49.4 Å².